The van der Waals surface area contributed by atoms with Crippen LogP contribution in [0.2, 0.25) is 0 Å². The standard InChI is InChI=1S/C13H11BrClFN4/c1-19-3-2-17-13(19)7-20-11-4-8(14)9(16)5-10(11)18-12(20)6-15/h2-5H,6-7H2,1H3. The summed E-state index contributed by atoms with van der Waals surface area (Å²) < 4.78 is 17.9. The molecule has 0 saturated heterocycles. The van der Waals surface area contributed by atoms with Crippen LogP contribution < -0.4 is 0 Å². The Morgan fingerprint density at radius 2 is 2.15 bits per heavy atom. The molecule has 20 heavy (non-hydrogen) atoms. The van der Waals surface area contributed by atoms with E-state index in [0.29, 0.717) is 22.4 Å². The SMILES string of the molecule is Cn1ccnc1Cn1c(CCl)nc2cc(F)c(Br)cc21. The van der Waals surface area contributed by atoms with Gasteiger partial charge in [0.05, 0.1) is 27.9 Å². The molecule has 2 aromatic heterocycles. The van der Waals surface area contributed by atoms with E-state index in [1.54, 1.807) is 12.3 Å². The van der Waals surface area contributed by atoms with E-state index < -0.39 is 0 Å². The molecular weight excluding hydrogens is 347 g/mol. The van der Waals surface area contributed by atoms with Crippen molar-refractivity contribution in [3.8, 4) is 0 Å². The van der Waals surface area contributed by atoms with Crippen molar-refractivity contribution < 1.29 is 4.39 Å². The third-order valence-corrected chi connectivity index (χ3v) is 4.06. The summed E-state index contributed by atoms with van der Waals surface area (Å²) in [4.78, 5) is 8.67. The number of hydrogen-bond acceptors (Lipinski definition) is 2. The highest BCUT2D eigenvalue weighted by Gasteiger charge is 2.14. The Kier molecular flexibility index (Phi) is 3.52. The van der Waals surface area contributed by atoms with Crippen LogP contribution in [-0.2, 0) is 19.5 Å². The van der Waals surface area contributed by atoms with E-state index in [1.165, 1.54) is 6.07 Å². The number of imidazole rings is 2. The fourth-order valence-electron chi connectivity index (χ4n) is 2.14. The van der Waals surface area contributed by atoms with Crippen molar-refractivity contribution in [1.82, 2.24) is 19.1 Å². The first-order valence-electron chi connectivity index (χ1n) is 5.96. The van der Waals surface area contributed by atoms with Crippen LogP contribution in [-0.4, -0.2) is 19.1 Å². The zero-order chi connectivity index (χ0) is 14.3. The minimum absolute atomic E-state index is 0.262. The van der Waals surface area contributed by atoms with E-state index >= 15 is 0 Å². The quantitative estimate of drug-likeness (QED) is 0.673. The smallest absolute Gasteiger partial charge is 0.139 e. The molecule has 0 aliphatic rings. The second-order valence-corrected chi connectivity index (χ2v) is 5.58. The Hall–Kier alpha value is -1.40. The van der Waals surface area contributed by atoms with E-state index in [4.69, 9.17) is 11.6 Å². The molecular formula is C13H11BrClFN4. The molecule has 0 fully saturated rings. The third kappa shape index (κ3) is 2.23. The van der Waals surface area contributed by atoms with Crippen molar-refractivity contribution in [3.05, 3.63) is 46.5 Å². The van der Waals surface area contributed by atoms with Gasteiger partial charge in [0.15, 0.2) is 0 Å². The molecule has 0 saturated carbocycles. The first-order chi connectivity index (χ1) is 9.60. The Balaban J connectivity index is 2.17. The Labute approximate surface area is 128 Å². The molecule has 0 atom stereocenters. The maximum Gasteiger partial charge on any atom is 0.139 e. The summed E-state index contributed by atoms with van der Waals surface area (Å²) in [5.41, 5.74) is 1.42. The fourth-order valence-corrected chi connectivity index (χ4v) is 2.67. The molecule has 104 valence electrons. The van der Waals surface area contributed by atoms with Crippen molar-refractivity contribution in [2.24, 2.45) is 7.05 Å². The number of halogens is 3. The average molecular weight is 358 g/mol. The summed E-state index contributed by atoms with van der Waals surface area (Å²) in [5.74, 6) is 1.51. The highest BCUT2D eigenvalue weighted by molar-refractivity contribution is 9.10. The van der Waals surface area contributed by atoms with Crippen LogP contribution in [0.25, 0.3) is 11.0 Å². The summed E-state index contributed by atoms with van der Waals surface area (Å²) in [5, 5.41) is 0. The molecule has 0 radical (unpaired) electrons. The molecule has 0 unspecified atom stereocenters. The predicted octanol–water partition coefficient (Wildman–Crippen LogP) is 3.46. The van der Waals surface area contributed by atoms with Crippen LogP contribution in [0.5, 0.6) is 0 Å². The maximum atomic E-state index is 13.6. The van der Waals surface area contributed by atoms with Gasteiger partial charge in [-0.25, -0.2) is 14.4 Å². The number of hydrogen-bond donors (Lipinski definition) is 0. The van der Waals surface area contributed by atoms with Crippen LogP contribution in [0.15, 0.2) is 29.0 Å². The lowest BCUT2D eigenvalue weighted by atomic mass is 10.3. The summed E-state index contributed by atoms with van der Waals surface area (Å²) in [6.07, 6.45) is 3.62. The van der Waals surface area contributed by atoms with Gasteiger partial charge in [-0.2, -0.15) is 0 Å². The van der Waals surface area contributed by atoms with E-state index in [-0.39, 0.29) is 11.7 Å². The minimum atomic E-state index is -0.333. The second kappa shape index (κ2) is 5.18. The summed E-state index contributed by atoms with van der Waals surface area (Å²) in [6, 6.07) is 3.13. The van der Waals surface area contributed by atoms with Crippen LogP contribution in [0.4, 0.5) is 4.39 Å². The zero-order valence-corrected chi connectivity index (χ0v) is 13.0. The lowest BCUT2D eigenvalue weighted by Gasteiger charge is -2.08. The highest BCUT2D eigenvalue weighted by Crippen LogP contribution is 2.25. The van der Waals surface area contributed by atoms with Gasteiger partial charge in [-0.05, 0) is 22.0 Å². The molecule has 0 bridgehead atoms. The molecule has 0 N–H and O–H groups in total. The number of aryl methyl sites for hydroxylation is 1. The van der Waals surface area contributed by atoms with E-state index in [1.807, 2.05) is 22.4 Å². The van der Waals surface area contributed by atoms with Crippen molar-refractivity contribution in [2.75, 3.05) is 0 Å². The van der Waals surface area contributed by atoms with Crippen LogP contribution in [0.3, 0.4) is 0 Å². The van der Waals surface area contributed by atoms with E-state index in [2.05, 4.69) is 25.9 Å². The van der Waals surface area contributed by atoms with Crippen molar-refractivity contribution in [2.45, 2.75) is 12.4 Å². The van der Waals surface area contributed by atoms with Gasteiger partial charge in [0, 0.05) is 25.5 Å². The van der Waals surface area contributed by atoms with Gasteiger partial charge >= 0.3 is 0 Å². The molecule has 3 aromatic rings. The number of aromatic nitrogens is 4. The number of nitrogens with zero attached hydrogens (tertiary/aromatic N) is 4. The molecule has 4 nitrogen and oxygen atoms in total. The molecule has 0 spiro atoms. The van der Waals surface area contributed by atoms with Crippen LogP contribution >= 0.6 is 27.5 Å². The van der Waals surface area contributed by atoms with Crippen molar-refractivity contribution in [1.29, 1.82) is 0 Å². The van der Waals surface area contributed by atoms with Crippen LogP contribution in [0.1, 0.15) is 11.6 Å². The number of benzene rings is 1. The Bertz CT molecular complexity index is 780. The largest absolute Gasteiger partial charge is 0.337 e. The monoisotopic (exact) mass is 356 g/mol. The van der Waals surface area contributed by atoms with Gasteiger partial charge in [0.25, 0.3) is 0 Å². The summed E-state index contributed by atoms with van der Waals surface area (Å²) in [6.45, 7) is 0.542. The number of fused-ring (bicyclic) bond motifs is 1. The number of rotatable bonds is 3. The molecule has 3 rings (SSSR count). The molecule has 7 heteroatoms. The van der Waals surface area contributed by atoms with Gasteiger partial charge in [-0.1, -0.05) is 0 Å². The summed E-state index contributed by atoms with van der Waals surface area (Å²) in [7, 11) is 1.93. The first kappa shape index (κ1) is 13.6. The topological polar surface area (TPSA) is 35.6 Å². The maximum absolute atomic E-state index is 13.6. The van der Waals surface area contributed by atoms with Gasteiger partial charge in [-0.3, -0.25) is 0 Å². The molecule has 0 aliphatic heterocycles. The van der Waals surface area contributed by atoms with E-state index in [0.717, 1.165) is 11.3 Å². The van der Waals surface area contributed by atoms with Gasteiger partial charge < -0.3 is 9.13 Å². The fraction of sp³-hybridized carbons (Fsp3) is 0.231. The van der Waals surface area contributed by atoms with E-state index in [9.17, 15) is 4.39 Å². The Morgan fingerprint density at radius 3 is 2.80 bits per heavy atom. The lowest BCUT2D eigenvalue weighted by Crippen LogP contribution is -2.08. The third-order valence-electron chi connectivity index (χ3n) is 3.21. The predicted molar refractivity (Wildman–Crippen MR) is 79.3 cm³/mol. The van der Waals surface area contributed by atoms with Crippen LogP contribution in [0, 0.1) is 5.82 Å². The summed E-state index contributed by atoms with van der Waals surface area (Å²) >= 11 is 9.15. The van der Waals surface area contributed by atoms with Gasteiger partial charge in [0.1, 0.15) is 17.5 Å². The number of alkyl halides is 1. The Morgan fingerprint density at radius 1 is 1.35 bits per heavy atom. The second-order valence-electron chi connectivity index (χ2n) is 4.46. The van der Waals surface area contributed by atoms with Crippen molar-refractivity contribution in [3.63, 3.8) is 0 Å². The lowest BCUT2D eigenvalue weighted by molar-refractivity contribution is 0.622. The molecule has 0 amide bonds. The van der Waals surface area contributed by atoms with Crippen molar-refractivity contribution >= 4 is 38.6 Å². The molecule has 0 aliphatic carbocycles. The van der Waals surface area contributed by atoms with Gasteiger partial charge in [0.2, 0.25) is 0 Å². The zero-order valence-electron chi connectivity index (χ0n) is 10.6. The normalized spacial score (nSPS) is 11.4. The molecule has 1 aromatic carbocycles. The highest BCUT2D eigenvalue weighted by atomic mass is 79.9. The average Bonchev–Trinajstić information content (AvgIpc) is 2.96. The van der Waals surface area contributed by atoms with Gasteiger partial charge in [-0.15, -0.1) is 11.6 Å². The first-order valence-corrected chi connectivity index (χ1v) is 7.29. The molecule has 2 heterocycles. The minimum Gasteiger partial charge on any atom is -0.337 e.